The second-order valence-corrected chi connectivity index (χ2v) is 8.11. The molecule has 0 atom stereocenters. The molecule has 194 valence electrons. The molecule has 37 heavy (non-hydrogen) atoms. The van der Waals surface area contributed by atoms with Gasteiger partial charge in [0.2, 0.25) is 23.7 Å². The molecule has 0 saturated carbocycles. The van der Waals surface area contributed by atoms with E-state index in [1.54, 1.807) is 14.2 Å². The van der Waals surface area contributed by atoms with E-state index >= 15 is 0 Å². The molecule has 0 amide bonds. The molecule has 0 spiro atoms. The van der Waals surface area contributed by atoms with Crippen LogP contribution in [-0.2, 0) is 19.6 Å². The Morgan fingerprint density at radius 3 is 1.78 bits per heavy atom. The average Bonchev–Trinajstić information content (AvgIpc) is 3.18. The van der Waals surface area contributed by atoms with Gasteiger partial charge in [0.05, 0.1) is 14.2 Å². The van der Waals surface area contributed by atoms with Crippen LogP contribution >= 0.6 is 0 Å². The summed E-state index contributed by atoms with van der Waals surface area (Å²) in [5.74, 6) is 2.18. The summed E-state index contributed by atoms with van der Waals surface area (Å²) >= 11 is 0. The van der Waals surface area contributed by atoms with Gasteiger partial charge >= 0.3 is 5.69 Å². The summed E-state index contributed by atoms with van der Waals surface area (Å²) in [7, 11) is 3.24. The van der Waals surface area contributed by atoms with Crippen LogP contribution < -0.4 is 31.1 Å². The topological polar surface area (TPSA) is 151 Å². The van der Waals surface area contributed by atoms with Gasteiger partial charge in [-0.25, -0.2) is 4.79 Å². The lowest BCUT2D eigenvalue weighted by Crippen LogP contribution is -2.16. The zero-order valence-electron chi connectivity index (χ0n) is 20.9. The van der Waals surface area contributed by atoms with Crippen molar-refractivity contribution in [1.29, 1.82) is 0 Å². The van der Waals surface area contributed by atoms with Crippen LogP contribution in [0.4, 0.5) is 23.7 Å². The van der Waals surface area contributed by atoms with Crippen molar-refractivity contribution in [3.05, 3.63) is 70.1 Å². The lowest BCUT2D eigenvalue weighted by Gasteiger charge is -2.12. The van der Waals surface area contributed by atoms with E-state index in [1.165, 1.54) is 4.57 Å². The maximum atomic E-state index is 12.2. The standard InChI is InChI=1S/C25H30N8O4/c1-4-13-33-21(34)20(29-25(33)35)28-24-31-22(26-14-16-5-9-18(36-2)10-6-16)30-23(32-24)27-15-17-7-11-19(37-3)12-8-17/h5-12,34H,4,13-15H2,1-3H3,(H,29,35)(H3,26,27,28,30,31,32). The van der Waals surface area contributed by atoms with Gasteiger partial charge in [0, 0.05) is 19.6 Å². The maximum Gasteiger partial charge on any atom is 0.330 e. The lowest BCUT2D eigenvalue weighted by molar-refractivity contribution is 0.414. The quantitative estimate of drug-likeness (QED) is 0.193. The number of aromatic nitrogens is 5. The predicted octanol–water partition coefficient (Wildman–Crippen LogP) is 3.46. The molecule has 0 bridgehead atoms. The second-order valence-electron chi connectivity index (χ2n) is 8.11. The minimum Gasteiger partial charge on any atom is -0.497 e. The van der Waals surface area contributed by atoms with Gasteiger partial charge in [0.1, 0.15) is 11.5 Å². The number of benzene rings is 2. The number of ether oxygens (including phenoxy) is 2. The van der Waals surface area contributed by atoms with Crippen molar-refractivity contribution in [2.75, 3.05) is 30.2 Å². The molecule has 0 saturated heterocycles. The molecule has 2 aromatic carbocycles. The Morgan fingerprint density at radius 2 is 1.32 bits per heavy atom. The summed E-state index contributed by atoms with van der Waals surface area (Å²) in [6, 6.07) is 15.3. The monoisotopic (exact) mass is 506 g/mol. The van der Waals surface area contributed by atoms with Crippen LogP contribution in [0.15, 0.2) is 53.3 Å². The molecule has 0 aliphatic carbocycles. The number of rotatable bonds is 12. The third-order valence-electron chi connectivity index (χ3n) is 5.50. The Kier molecular flexibility index (Phi) is 8.08. The molecule has 2 heterocycles. The first-order valence-corrected chi connectivity index (χ1v) is 11.8. The van der Waals surface area contributed by atoms with Crippen molar-refractivity contribution in [3.8, 4) is 17.4 Å². The summed E-state index contributed by atoms with van der Waals surface area (Å²) in [6.07, 6.45) is 0.690. The van der Waals surface area contributed by atoms with Crippen molar-refractivity contribution in [2.45, 2.75) is 33.0 Å². The number of nitrogens with one attached hydrogen (secondary N) is 4. The molecule has 0 unspecified atom stereocenters. The number of hydrogen-bond acceptors (Lipinski definition) is 10. The third kappa shape index (κ3) is 6.48. The number of methoxy groups -OCH3 is 2. The van der Waals surface area contributed by atoms with Crippen molar-refractivity contribution >= 4 is 23.7 Å². The molecule has 4 aromatic rings. The van der Waals surface area contributed by atoms with Crippen LogP contribution in [0.5, 0.6) is 17.4 Å². The first-order chi connectivity index (χ1) is 18.0. The van der Waals surface area contributed by atoms with Gasteiger partial charge in [-0.15, -0.1) is 0 Å². The molecule has 12 heteroatoms. The zero-order chi connectivity index (χ0) is 26.2. The summed E-state index contributed by atoms with van der Waals surface area (Å²) < 4.78 is 11.7. The Morgan fingerprint density at radius 1 is 0.838 bits per heavy atom. The first-order valence-electron chi connectivity index (χ1n) is 11.8. The molecule has 0 fully saturated rings. The largest absolute Gasteiger partial charge is 0.497 e. The van der Waals surface area contributed by atoms with Crippen LogP contribution in [0.2, 0.25) is 0 Å². The zero-order valence-corrected chi connectivity index (χ0v) is 20.9. The maximum absolute atomic E-state index is 12.2. The van der Waals surface area contributed by atoms with E-state index in [0.717, 1.165) is 22.6 Å². The lowest BCUT2D eigenvalue weighted by atomic mass is 10.2. The van der Waals surface area contributed by atoms with Crippen LogP contribution in [0.1, 0.15) is 24.5 Å². The van der Waals surface area contributed by atoms with Crippen molar-refractivity contribution in [2.24, 2.45) is 0 Å². The highest BCUT2D eigenvalue weighted by atomic mass is 16.5. The van der Waals surface area contributed by atoms with Crippen LogP contribution in [0, 0.1) is 0 Å². The van der Waals surface area contributed by atoms with E-state index in [1.807, 2.05) is 55.5 Å². The fourth-order valence-electron chi connectivity index (χ4n) is 3.53. The molecule has 12 nitrogen and oxygen atoms in total. The third-order valence-corrected chi connectivity index (χ3v) is 5.50. The summed E-state index contributed by atoms with van der Waals surface area (Å²) in [5.41, 5.74) is 1.58. The highest BCUT2D eigenvalue weighted by Crippen LogP contribution is 2.23. The summed E-state index contributed by atoms with van der Waals surface area (Å²) in [6.45, 7) is 3.21. The number of aromatic amines is 1. The number of nitrogens with zero attached hydrogens (tertiary/aromatic N) is 4. The van der Waals surface area contributed by atoms with E-state index in [2.05, 4.69) is 35.9 Å². The molecule has 4 rings (SSSR count). The number of H-pyrrole nitrogens is 1. The highest BCUT2D eigenvalue weighted by molar-refractivity contribution is 5.56. The fraction of sp³-hybridized carbons (Fsp3) is 0.280. The van der Waals surface area contributed by atoms with Crippen molar-refractivity contribution in [1.82, 2.24) is 24.5 Å². The molecule has 0 aliphatic heterocycles. The Hall–Kier alpha value is -4.74. The van der Waals surface area contributed by atoms with E-state index in [0.29, 0.717) is 38.0 Å². The van der Waals surface area contributed by atoms with E-state index in [-0.39, 0.29) is 17.6 Å². The summed E-state index contributed by atoms with van der Waals surface area (Å²) in [4.78, 5) is 28.1. The smallest absolute Gasteiger partial charge is 0.330 e. The average molecular weight is 507 g/mol. The SMILES string of the molecule is CCCn1c(O)c(Nc2nc(NCc3ccc(OC)cc3)nc(NCc3ccc(OC)cc3)n2)[nH]c1=O. The number of anilines is 4. The molecule has 0 radical (unpaired) electrons. The minimum absolute atomic E-state index is 0.104. The van der Waals surface area contributed by atoms with Crippen LogP contribution in [-0.4, -0.2) is 43.8 Å². The van der Waals surface area contributed by atoms with Gasteiger partial charge in [-0.2, -0.15) is 15.0 Å². The number of hydrogen-bond donors (Lipinski definition) is 5. The summed E-state index contributed by atoms with van der Waals surface area (Å²) in [5, 5.41) is 19.8. The highest BCUT2D eigenvalue weighted by Gasteiger charge is 2.15. The molecular formula is C25H30N8O4. The molecule has 5 N–H and O–H groups in total. The fourth-order valence-corrected chi connectivity index (χ4v) is 3.53. The van der Waals surface area contributed by atoms with Crippen LogP contribution in [0.25, 0.3) is 0 Å². The molecule has 0 aliphatic rings. The van der Waals surface area contributed by atoms with Gasteiger partial charge < -0.3 is 30.5 Å². The van der Waals surface area contributed by atoms with Gasteiger partial charge in [-0.3, -0.25) is 9.55 Å². The van der Waals surface area contributed by atoms with Gasteiger partial charge in [-0.1, -0.05) is 31.2 Å². The normalized spacial score (nSPS) is 10.7. The second kappa shape index (κ2) is 11.8. The Labute approximate surface area is 213 Å². The Bertz CT molecular complexity index is 1300. The van der Waals surface area contributed by atoms with Gasteiger partial charge in [0.25, 0.3) is 0 Å². The number of aromatic hydroxyl groups is 1. The predicted molar refractivity (Wildman–Crippen MR) is 141 cm³/mol. The van der Waals surface area contributed by atoms with Crippen molar-refractivity contribution < 1.29 is 14.6 Å². The van der Waals surface area contributed by atoms with Gasteiger partial charge in [0.15, 0.2) is 5.82 Å². The van der Waals surface area contributed by atoms with Gasteiger partial charge in [-0.05, 0) is 41.8 Å². The molecule has 2 aromatic heterocycles. The minimum atomic E-state index is -0.424. The number of imidazole rings is 1. The van der Waals surface area contributed by atoms with Crippen LogP contribution in [0.3, 0.4) is 0 Å². The molecular weight excluding hydrogens is 476 g/mol. The first kappa shape index (κ1) is 25.4. The van der Waals surface area contributed by atoms with E-state index in [4.69, 9.17) is 9.47 Å². The van der Waals surface area contributed by atoms with Crippen molar-refractivity contribution in [3.63, 3.8) is 0 Å². The Balaban J connectivity index is 1.55. The van der Waals surface area contributed by atoms with E-state index in [9.17, 15) is 9.90 Å². The van der Waals surface area contributed by atoms with E-state index < -0.39 is 5.69 Å².